The number of ether oxygens (including phenoxy) is 2. The largest absolute Gasteiger partial charge is 0.497 e. The molecule has 0 aliphatic carbocycles. The molecule has 0 bridgehead atoms. The third-order valence-corrected chi connectivity index (χ3v) is 6.99. The Hall–Kier alpha value is -2.18. The maximum atomic E-state index is 12.7. The minimum Gasteiger partial charge on any atom is -0.497 e. The number of carboxylic acids is 1. The molecule has 1 heterocycles. The van der Waals surface area contributed by atoms with Crippen molar-refractivity contribution < 1.29 is 28.8 Å². The normalized spacial score (nSPS) is 23.9. The highest BCUT2D eigenvalue weighted by Crippen LogP contribution is 2.46. The Morgan fingerprint density at radius 2 is 2.03 bits per heavy atom. The van der Waals surface area contributed by atoms with Gasteiger partial charge in [0.05, 0.1) is 37.1 Å². The van der Waals surface area contributed by atoms with Gasteiger partial charge >= 0.3 is 5.97 Å². The molecular weight excluding hydrogens is 393 g/mol. The summed E-state index contributed by atoms with van der Waals surface area (Å²) in [5, 5.41) is 12.6. The second-order valence-corrected chi connectivity index (χ2v) is 9.94. The smallest absolute Gasteiger partial charge is 0.335 e. The van der Waals surface area contributed by atoms with E-state index in [2.05, 4.69) is 5.32 Å². The Morgan fingerprint density at radius 3 is 2.62 bits per heavy atom. The first-order valence-corrected chi connectivity index (χ1v) is 11.4. The molecule has 1 fully saturated rings. The SMILES string of the molecule is COc1ccc(CP(=O)(O)C[C@@H]2CN[C@](C)(c3cccc(C(=O)O)c3)CO2)cc1. The predicted octanol–water partition coefficient (Wildman–Crippen LogP) is 3.07. The Labute approximate surface area is 170 Å². The van der Waals surface area contributed by atoms with Crippen LogP contribution in [0, 0.1) is 0 Å². The van der Waals surface area contributed by atoms with Crippen LogP contribution < -0.4 is 10.1 Å². The summed E-state index contributed by atoms with van der Waals surface area (Å²) in [7, 11) is -1.85. The molecule has 7 nitrogen and oxygen atoms in total. The molecule has 2 aromatic rings. The number of nitrogens with one attached hydrogen (secondary N) is 1. The van der Waals surface area contributed by atoms with Crippen LogP contribution in [-0.2, 0) is 21.0 Å². The van der Waals surface area contributed by atoms with Crippen molar-refractivity contribution in [1.29, 1.82) is 0 Å². The zero-order chi connectivity index (χ0) is 21.1. The first kappa shape index (κ1) is 21.5. The first-order chi connectivity index (χ1) is 13.7. The van der Waals surface area contributed by atoms with Gasteiger partial charge in [-0.1, -0.05) is 24.3 Å². The van der Waals surface area contributed by atoms with Gasteiger partial charge in [0.2, 0.25) is 7.37 Å². The van der Waals surface area contributed by atoms with E-state index in [0.29, 0.717) is 12.3 Å². The van der Waals surface area contributed by atoms with Crippen molar-refractivity contribution in [1.82, 2.24) is 5.32 Å². The minimum atomic E-state index is -3.42. The summed E-state index contributed by atoms with van der Waals surface area (Å²) in [6.07, 6.45) is -0.258. The molecule has 0 aromatic heterocycles. The van der Waals surface area contributed by atoms with Crippen LogP contribution in [0.25, 0.3) is 0 Å². The van der Waals surface area contributed by atoms with Crippen LogP contribution in [0.1, 0.15) is 28.4 Å². The van der Waals surface area contributed by atoms with Crippen molar-refractivity contribution in [3.63, 3.8) is 0 Å². The molecule has 0 saturated carbocycles. The summed E-state index contributed by atoms with van der Waals surface area (Å²) in [5.74, 6) is -0.280. The number of rotatable bonds is 7. The molecule has 1 saturated heterocycles. The van der Waals surface area contributed by atoms with Gasteiger partial charge in [0, 0.05) is 12.7 Å². The molecule has 3 N–H and O–H groups in total. The van der Waals surface area contributed by atoms with Crippen LogP contribution in [0.3, 0.4) is 0 Å². The summed E-state index contributed by atoms with van der Waals surface area (Å²) in [6, 6.07) is 13.8. The third-order valence-electron chi connectivity index (χ3n) is 5.15. The lowest BCUT2D eigenvalue weighted by Gasteiger charge is -2.39. The molecule has 0 radical (unpaired) electrons. The van der Waals surface area contributed by atoms with Gasteiger partial charge in [-0.2, -0.15) is 0 Å². The number of benzene rings is 2. The number of morpholine rings is 1. The van der Waals surface area contributed by atoms with Gasteiger partial charge in [-0.3, -0.25) is 4.57 Å². The molecule has 0 amide bonds. The van der Waals surface area contributed by atoms with Crippen molar-refractivity contribution in [2.75, 3.05) is 26.4 Å². The number of carboxylic acid groups (broad SMARTS) is 1. The highest BCUT2D eigenvalue weighted by molar-refractivity contribution is 7.57. The Bertz CT molecular complexity index is 906. The van der Waals surface area contributed by atoms with Crippen LogP contribution in [0.5, 0.6) is 5.75 Å². The zero-order valence-corrected chi connectivity index (χ0v) is 17.4. The Balaban J connectivity index is 1.60. The molecule has 1 aliphatic rings. The van der Waals surface area contributed by atoms with E-state index in [1.54, 1.807) is 49.6 Å². The highest BCUT2D eigenvalue weighted by atomic mass is 31.2. The second kappa shape index (κ2) is 8.67. The summed E-state index contributed by atoms with van der Waals surface area (Å²) in [4.78, 5) is 21.7. The van der Waals surface area contributed by atoms with Gasteiger partial charge in [0.15, 0.2) is 0 Å². The van der Waals surface area contributed by atoms with E-state index in [1.165, 1.54) is 0 Å². The van der Waals surface area contributed by atoms with Gasteiger partial charge in [0.25, 0.3) is 0 Å². The fourth-order valence-electron chi connectivity index (χ4n) is 3.43. The molecule has 2 aromatic carbocycles. The molecular formula is C21H26NO6P. The maximum absolute atomic E-state index is 12.7. The van der Waals surface area contributed by atoms with Gasteiger partial charge in [-0.25, -0.2) is 4.79 Å². The van der Waals surface area contributed by atoms with Crippen LogP contribution in [0.15, 0.2) is 48.5 Å². The van der Waals surface area contributed by atoms with Crippen molar-refractivity contribution >= 4 is 13.3 Å². The summed E-state index contributed by atoms with van der Waals surface area (Å²) >= 11 is 0. The average Bonchev–Trinajstić information content (AvgIpc) is 2.70. The number of methoxy groups -OCH3 is 1. The molecule has 156 valence electrons. The second-order valence-electron chi connectivity index (χ2n) is 7.57. The molecule has 3 atom stereocenters. The van der Waals surface area contributed by atoms with E-state index in [0.717, 1.165) is 11.1 Å². The van der Waals surface area contributed by atoms with E-state index in [1.807, 2.05) is 13.0 Å². The lowest BCUT2D eigenvalue weighted by Crippen LogP contribution is -2.53. The van der Waals surface area contributed by atoms with E-state index in [-0.39, 0.29) is 30.6 Å². The van der Waals surface area contributed by atoms with Crippen LogP contribution in [0.2, 0.25) is 0 Å². The van der Waals surface area contributed by atoms with Gasteiger partial charge in [-0.05, 0) is 42.3 Å². The standard InChI is InChI=1S/C21H26NO6P/c1-21(17-5-3-4-16(10-17)20(23)24)14-28-19(11-22-21)13-29(25,26)12-15-6-8-18(27-2)9-7-15/h3-10,19,22H,11-14H2,1-2H3,(H,23,24)(H,25,26)/t19-,21-/m0/s1. The molecule has 29 heavy (non-hydrogen) atoms. The van der Waals surface area contributed by atoms with Crippen LogP contribution in [0.4, 0.5) is 0 Å². The first-order valence-electron chi connectivity index (χ1n) is 9.35. The van der Waals surface area contributed by atoms with Crippen LogP contribution >= 0.6 is 7.37 Å². The number of aromatic carboxylic acids is 1. The lowest BCUT2D eigenvalue weighted by molar-refractivity contribution is -0.0187. The van der Waals surface area contributed by atoms with E-state index in [4.69, 9.17) is 9.47 Å². The fourth-order valence-corrected chi connectivity index (χ4v) is 5.21. The number of hydrogen-bond donors (Lipinski definition) is 3. The van der Waals surface area contributed by atoms with Crippen molar-refractivity contribution in [3.05, 3.63) is 65.2 Å². The maximum Gasteiger partial charge on any atom is 0.335 e. The summed E-state index contributed by atoms with van der Waals surface area (Å²) in [6.45, 7) is 2.62. The molecule has 1 unspecified atom stereocenters. The van der Waals surface area contributed by atoms with E-state index < -0.39 is 18.9 Å². The topological polar surface area (TPSA) is 105 Å². The average molecular weight is 419 g/mol. The predicted molar refractivity (Wildman–Crippen MR) is 110 cm³/mol. The minimum absolute atomic E-state index is 0.0529. The molecule has 8 heteroatoms. The highest BCUT2D eigenvalue weighted by Gasteiger charge is 2.36. The monoisotopic (exact) mass is 419 g/mol. The quantitative estimate of drug-likeness (QED) is 0.593. The fraction of sp³-hybridized carbons (Fsp3) is 0.381. The molecule has 0 spiro atoms. The van der Waals surface area contributed by atoms with Gasteiger partial charge < -0.3 is 24.8 Å². The van der Waals surface area contributed by atoms with Gasteiger partial charge in [-0.15, -0.1) is 0 Å². The molecule has 3 rings (SSSR count). The van der Waals surface area contributed by atoms with Crippen molar-refractivity contribution in [2.45, 2.75) is 24.7 Å². The number of carbonyl (C=O) groups is 1. The van der Waals surface area contributed by atoms with E-state index in [9.17, 15) is 19.4 Å². The van der Waals surface area contributed by atoms with Crippen molar-refractivity contribution in [3.8, 4) is 5.75 Å². The zero-order valence-electron chi connectivity index (χ0n) is 16.5. The van der Waals surface area contributed by atoms with E-state index >= 15 is 0 Å². The number of hydrogen-bond acceptors (Lipinski definition) is 5. The molecule has 1 aliphatic heterocycles. The van der Waals surface area contributed by atoms with Crippen molar-refractivity contribution in [2.24, 2.45) is 0 Å². The third kappa shape index (κ3) is 5.46. The van der Waals surface area contributed by atoms with Gasteiger partial charge in [0.1, 0.15) is 5.75 Å². The Kier molecular flexibility index (Phi) is 6.44. The van der Waals surface area contributed by atoms with Crippen LogP contribution in [-0.4, -0.2) is 48.5 Å². The Morgan fingerprint density at radius 1 is 1.31 bits per heavy atom. The summed E-state index contributed by atoms with van der Waals surface area (Å²) < 4.78 is 23.7. The summed E-state index contributed by atoms with van der Waals surface area (Å²) in [5.41, 5.74) is 1.24. The lowest BCUT2D eigenvalue weighted by atomic mass is 9.90.